The molecule has 0 saturated heterocycles. The van der Waals surface area contributed by atoms with Crippen LogP contribution in [-0.4, -0.2) is 20.3 Å². The monoisotopic (exact) mass is 482 g/mol. The van der Waals surface area contributed by atoms with Gasteiger partial charge in [-0.1, -0.05) is 24.3 Å². The van der Waals surface area contributed by atoms with Gasteiger partial charge in [-0.25, -0.2) is 4.98 Å². The minimum Gasteiger partial charge on any atom is -0.322 e. The second-order valence-electron chi connectivity index (χ2n) is 7.61. The first-order valence-electron chi connectivity index (χ1n) is 10.8. The van der Waals surface area contributed by atoms with Crippen molar-refractivity contribution < 1.29 is 4.79 Å². The van der Waals surface area contributed by atoms with Crippen LogP contribution in [-0.2, 0) is 11.5 Å². The van der Waals surface area contributed by atoms with E-state index < -0.39 is 0 Å². The molecule has 1 amide bonds. The SMILES string of the molecule is O=C(Nc1ccc(SCc2cccnc2)cc1)c1ccccc1SCc1cn2ccccc2n1. The zero-order valence-corrected chi connectivity index (χ0v) is 19.9. The summed E-state index contributed by atoms with van der Waals surface area (Å²) in [6, 6.07) is 25.6. The van der Waals surface area contributed by atoms with E-state index in [2.05, 4.69) is 21.4 Å². The second kappa shape index (κ2) is 10.6. The fourth-order valence-electron chi connectivity index (χ4n) is 3.47. The fraction of sp³-hybridized carbons (Fsp3) is 0.0741. The number of carbonyl (C=O) groups excluding carboxylic acids is 1. The lowest BCUT2D eigenvalue weighted by atomic mass is 10.2. The topological polar surface area (TPSA) is 59.3 Å². The molecule has 0 radical (unpaired) electrons. The lowest BCUT2D eigenvalue weighted by molar-refractivity contribution is 0.102. The lowest BCUT2D eigenvalue weighted by Gasteiger charge is -2.10. The summed E-state index contributed by atoms with van der Waals surface area (Å²) in [6.07, 6.45) is 7.67. The van der Waals surface area contributed by atoms with Crippen LogP contribution in [0.1, 0.15) is 21.6 Å². The Morgan fingerprint density at radius 3 is 2.56 bits per heavy atom. The molecule has 1 N–H and O–H groups in total. The molecule has 0 saturated carbocycles. The number of aromatic nitrogens is 3. The second-order valence-corrected chi connectivity index (χ2v) is 9.68. The molecular weight excluding hydrogens is 460 g/mol. The Bertz CT molecular complexity index is 1370. The highest BCUT2D eigenvalue weighted by atomic mass is 32.2. The molecule has 0 atom stereocenters. The molecule has 5 rings (SSSR count). The van der Waals surface area contributed by atoms with Gasteiger partial charge in [0.2, 0.25) is 0 Å². The van der Waals surface area contributed by atoms with Crippen molar-refractivity contribution in [3.8, 4) is 0 Å². The van der Waals surface area contributed by atoms with Crippen LogP contribution in [0.2, 0.25) is 0 Å². The molecule has 0 aliphatic rings. The minimum absolute atomic E-state index is 0.117. The number of pyridine rings is 2. The normalized spacial score (nSPS) is 10.9. The average molecular weight is 483 g/mol. The number of thioether (sulfide) groups is 2. The van der Waals surface area contributed by atoms with Gasteiger partial charge in [-0.2, -0.15) is 0 Å². The number of amides is 1. The van der Waals surface area contributed by atoms with Crippen molar-refractivity contribution in [1.29, 1.82) is 0 Å². The van der Waals surface area contributed by atoms with Gasteiger partial charge in [0.25, 0.3) is 5.91 Å². The summed E-state index contributed by atoms with van der Waals surface area (Å²) in [5.74, 6) is 1.43. The molecule has 0 fully saturated rings. The van der Waals surface area contributed by atoms with Crippen molar-refractivity contribution in [2.24, 2.45) is 0 Å². The molecular formula is C27H22N4OS2. The Hall–Kier alpha value is -3.55. The van der Waals surface area contributed by atoms with Gasteiger partial charge in [0.05, 0.1) is 11.3 Å². The van der Waals surface area contributed by atoms with E-state index >= 15 is 0 Å². The Morgan fingerprint density at radius 1 is 0.882 bits per heavy atom. The number of rotatable bonds is 8. The van der Waals surface area contributed by atoms with E-state index in [1.54, 1.807) is 29.7 Å². The van der Waals surface area contributed by atoms with Crippen molar-refractivity contribution in [3.05, 3.63) is 120 Å². The molecule has 0 spiro atoms. The maximum Gasteiger partial charge on any atom is 0.256 e. The number of anilines is 1. The molecule has 0 bridgehead atoms. The smallest absolute Gasteiger partial charge is 0.256 e. The first-order chi connectivity index (χ1) is 16.7. The average Bonchev–Trinajstić information content (AvgIpc) is 3.31. The van der Waals surface area contributed by atoms with Crippen LogP contribution >= 0.6 is 23.5 Å². The zero-order valence-electron chi connectivity index (χ0n) is 18.3. The Labute approximate surface area is 206 Å². The van der Waals surface area contributed by atoms with Gasteiger partial charge in [-0.05, 0) is 60.2 Å². The molecule has 7 heteroatoms. The largest absolute Gasteiger partial charge is 0.322 e. The van der Waals surface area contributed by atoms with Crippen molar-refractivity contribution in [2.75, 3.05) is 5.32 Å². The van der Waals surface area contributed by atoms with E-state index in [0.717, 1.165) is 32.6 Å². The molecule has 0 unspecified atom stereocenters. The summed E-state index contributed by atoms with van der Waals surface area (Å²) in [7, 11) is 0. The highest BCUT2D eigenvalue weighted by Gasteiger charge is 2.13. The van der Waals surface area contributed by atoms with Gasteiger partial charge in [0.15, 0.2) is 0 Å². The lowest BCUT2D eigenvalue weighted by Crippen LogP contribution is -2.12. The maximum atomic E-state index is 13.0. The number of nitrogens with zero attached hydrogens (tertiary/aromatic N) is 3. The van der Waals surface area contributed by atoms with Crippen LogP contribution in [0.15, 0.2) is 113 Å². The Morgan fingerprint density at radius 2 is 1.74 bits per heavy atom. The zero-order chi connectivity index (χ0) is 23.2. The van der Waals surface area contributed by atoms with Crippen LogP contribution < -0.4 is 5.32 Å². The summed E-state index contributed by atoms with van der Waals surface area (Å²) in [5, 5.41) is 3.03. The molecule has 0 aliphatic heterocycles. The first-order valence-corrected chi connectivity index (χ1v) is 12.8. The quantitative estimate of drug-likeness (QED) is 0.254. The number of fused-ring (bicyclic) bond motifs is 1. The van der Waals surface area contributed by atoms with Crippen LogP contribution in [0, 0.1) is 0 Å². The number of benzene rings is 2. The number of hydrogen-bond acceptors (Lipinski definition) is 5. The number of imidazole rings is 1. The van der Waals surface area contributed by atoms with Gasteiger partial charge in [-0.15, -0.1) is 23.5 Å². The molecule has 3 aromatic heterocycles. The van der Waals surface area contributed by atoms with Crippen molar-refractivity contribution in [2.45, 2.75) is 21.3 Å². The minimum atomic E-state index is -0.117. The predicted molar refractivity (Wildman–Crippen MR) is 139 cm³/mol. The molecule has 3 heterocycles. The summed E-state index contributed by atoms with van der Waals surface area (Å²) < 4.78 is 2.01. The summed E-state index contributed by atoms with van der Waals surface area (Å²) >= 11 is 3.36. The molecule has 0 aliphatic carbocycles. The molecule has 2 aromatic carbocycles. The highest BCUT2D eigenvalue weighted by molar-refractivity contribution is 7.98. The van der Waals surface area contributed by atoms with E-state index in [0.29, 0.717) is 11.3 Å². The van der Waals surface area contributed by atoms with E-state index in [1.165, 1.54) is 5.56 Å². The predicted octanol–water partition coefficient (Wildman–Crippen LogP) is 6.57. The van der Waals surface area contributed by atoms with Gasteiger partial charge in [0, 0.05) is 51.8 Å². The number of hydrogen-bond donors (Lipinski definition) is 1. The van der Waals surface area contributed by atoms with E-state index in [9.17, 15) is 4.79 Å². The summed E-state index contributed by atoms with van der Waals surface area (Å²) in [4.78, 5) is 23.9. The van der Waals surface area contributed by atoms with Crippen LogP contribution in [0.3, 0.4) is 0 Å². The number of carbonyl (C=O) groups is 1. The van der Waals surface area contributed by atoms with Crippen molar-refractivity contribution in [3.63, 3.8) is 0 Å². The third-order valence-corrected chi connectivity index (χ3v) is 7.35. The van der Waals surface area contributed by atoms with Crippen molar-refractivity contribution in [1.82, 2.24) is 14.4 Å². The summed E-state index contributed by atoms with van der Waals surface area (Å²) in [6.45, 7) is 0. The maximum absolute atomic E-state index is 13.0. The van der Waals surface area contributed by atoms with Crippen molar-refractivity contribution >= 4 is 40.8 Å². The molecule has 5 aromatic rings. The third-order valence-electron chi connectivity index (χ3n) is 5.16. The summed E-state index contributed by atoms with van der Waals surface area (Å²) in [5.41, 5.74) is 4.52. The molecule has 168 valence electrons. The molecule has 5 nitrogen and oxygen atoms in total. The van der Waals surface area contributed by atoms with Gasteiger partial charge in [-0.3, -0.25) is 9.78 Å². The van der Waals surface area contributed by atoms with E-state index in [-0.39, 0.29) is 5.91 Å². The van der Waals surface area contributed by atoms with Gasteiger partial charge >= 0.3 is 0 Å². The first kappa shape index (κ1) is 22.3. The molecule has 34 heavy (non-hydrogen) atoms. The number of nitrogens with one attached hydrogen (secondary N) is 1. The van der Waals surface area contributed by atoms with Crippen LogP contribution in [0.25, 0.3) is 5.65 Å². The fourth-order valence-corrected chi connectivity index (χ4v) is 5.24. The van der Waals surface area contributed by atoms with E-state index in [4.69, 9.17) is 0 Å². The third kappa shape index (κ3) is 5.50. The Balaban J connectivity index is 1.21. The highest BCUT2D eigenvalue weighted by Crippen LogP contribution is 2.28. The Kier molecular flexibility index (Phi) is 6.93. The van der Waals surface area contributed by atoms with Gasteiger partial charge < -0.3 is 9.72 Å². The van der Waals surface area contributed by atoms with Crippen LogP contribution in [0.4, 0.5) is 5.69 Å². The van der Waals surface area contributed by atoms with Crippen LogP contribution in [0.5, 0.6) is 0 Å². The van der Waals surface area contributed by atoms with Gasteiger partial charge in [0.1, 0.15) is 5.65 Å². The van der Waals surface area contributed by atoms with E-state index in [1.807, 2.05) is 95.8 Å². The standard InChI is InChI=1S/C27H22N4OS2/c32-27(30-21-10-12-23(13-11-21)33-18-20-6-5-14-28-16-20)24-7-1-2-8-25(24)34-19-22-17-31-15-4-3-9-26(31)29-22/h1-17H,18-19H2,(H,30,32).